The number of methoxy groups -OCH3 is 4. The Morgan fingerprint density at radius 2 is 0.738 bits per heavy atom. The van der Waals surface area contributed by atoms with Gasteiger partial charge in [0.25, 0.3) is 35.4 Å². The van der Waals surface area contributed by atoms with Crippen molar-refractivity contribution in [1.82, 2.24) is 62.8 Å². The third-order valence-corrected chi connectivity index (χ3v) is 19.2. The normalized spacial score (nSPS) is 13.0. The number of rotatable bonds is 32. The van der Waals surface area contributed by atoms with Gasteiger partial charge in [0.2, 0.25) is 0 Å². The Hall–Kier alpha value is -8.80. The van der Waals surface area contributed by atoms with Crippen molar-refractivity contribution in [3.8, 4) is 23.8 Å². The average molecular weight is 1460 g/mol. The molecule has 4 unspecified atom stereocenters. The Bertz CT molecular complexity index is 3490. The van der Waals surface area contributed by atoms with Gasteiger partial charge in [-0.25, -0.2) is 0 Å². The summed E-state index contributed by atoms with van der Waals surface area (Å²) in [6.07, 6.45) is 8.59. The Morgan fingerprint density at radius 3 is 1.05 bits per heavy atom. The van der Waals surface area contributed by atoms with Gasteiger partial charge in [0.05, 0.1) is 75.0 Å². The highest BCUT2D eigenvalue weighted by Crippen LogP contribution is 2.28. The number of hydrogen-bond donors (Lipinski definition) is 8. The molecule has 0 radical (unpaired) electrons. The van der Waals surface area contributed by atoms with Crippen LogP contribution >= 0.6 is 0 Å². The fourth-order valence-corrected chi connectivity index (χ4v) is 8.15. The zero-order valence-electron chi connectivity index (χ0n) is 66.4. The molecule has 0 aromatic carbocycles. The van der Waals surface area contributed by atoms with Crippen LogP contribution in [-0.4, -0.2) is 155 Å². The third kappa shape index (κ3) is 29.8. The largest absolute Gasteiger partial charge is 0.467 e. The molecule has 582 valence electrons. The molecule has 4 atom stereocenters. The molecule has 30 nitrogen and oxygen atoms in total. The summed E-state index contributed by atoms with van der Waals surface area (Å²) in [6, 6.07) is 3.86. The number of ether oxygens (including phenoxy) is 4. The molecule has 0 fully saturated rings. The Balaban J connectivity index is 0.000000618. The van der Waals surface area contributed by atoms with E-state index in [1.807, 2.05) is 34.6 Å². The van der Waals surface area contributed by atoms with Gasteiger partial charge in [-0.2, -0.15) is 0 Å². The van der Waals surface area contributed by atoms with Gasteiger partial charge >= 0.3 is 23.8 Å². The van der Waals surface area contributed by atoms with Gasteiger partial charge in [-0.3, -0.25) is 28.8 Å². The maximum atomic E-state index is 12.0. The van der Waals surface area contributed by atoms with Crippen molar-refractivity contribution < 1.29 is 85.1 Å². The van der Waals surface area contributed by atoms with E-state index in [9.17, 15) is 39.0 Å². The summed E-state index contributed by atoms with van der Waals surface area (Å²) in [5.74, 6) is 0.886. The Morgan fingerprint density at radius 1 is 0.398 bits per heavy atom. The highest BCUT2D eigenvalue weighted by atomic mass is 16.6. The van der Waals surface area contributed by atoms with Crippen molar-refractivity contribution in [3.63, 3.8) is 0 Å². The molecule has 0 bridgehead atoms. The first-order chi connectivity index (χ1) is 48.1. The van der Waals surface area contributed by atoms with Gasteiger partial charge in [-0.1, -0.05) is 142 Å². The van der Waals surface area contributed by atoms with Crippen LogP contribution in [0.15, 0.2) is 45.3 Å². The predicted octanol–water partition coefficient (Wildman–Crippen LogP) is 12.1. The molecule has 0 saturated carbocycles. The Kier molecular flexibility index (Phi) is 38.8. The van der Waals surface area contributed by atoms with E-state index >= 15 is 0 Å². The molecule has 30 heteroatoms. The van der Waals surface area contributed by atoms with E-state index in [0.717, 1.165) is 49.8 Å². The van der Waals surface area contributed by atoms with Crippen LogP contribution in [0.1, 0.15) is 281 Å². The number of aryl methyl sites for hydroxylation is 2. The van der Waals surface area contributed by atoms with E-state index in [0.29, 0.717) is 80.1 Å². The summed E-state index contributed by atoms with van der Waals surface area (Å²) >= 11 is 0. The standard InChI is InChI=1S/2C13H22N2O3.3C12H20N2O3.C11H18N2O3/c1-6-13(4,7-2)8-14-11(16)10-9(3)12(17-5)18-15-10;1-6-10-8(3)11(15-18-10)12(16)14-9(4)13(5,17)7-2;1-6-12(3,4)7-13-10(15)9-8(2)11(16-5)17-14-9;1-5-12(3,6-2)8-13-11(15)9-7-10(16-4)17-14-9;1-5-9-7-10(14-17-9)11(15)13-8(3)12(4,16)6-2;1-5-11(2,3)7-12-10(14)8-6-9(15-4)16-13-8/h6-8H2,1-5H3,(H,14,16);9,17H,6-7H2,1-5H3,(H,14,16);6-7H2,1-5H3,(H,13,15);7H,5-6,8H2,1-4H3,(H,13,15);7-8,16H,5-6H2,1-4H3,(H,13,15);6H,5,7H2,1-4H3,(H,12,14). The van der Waals surface area contributed by atoms with Crippen molar-refractivity contribution in [2.45, 2.75) is 247 Å². The fourth-order valence-electron chi connectivity index (χ4n) is 8.15. The Labute approximate surface area is 608 Å². The molecule has 0 saturated heterocycles. The SMILES string of the molecule is CCC(C)(C)CNC(=O)c1cc(OC)on1.CCC(C)(C)CNC(=O)c1noc(OC)c1C.CCC(C)(CC)CNC(=O)c1cc(OC)on1.CCC(C)(CC)CNC(=O)c1noc(OC)c1C.CCc1cc(C(=O)NC(C)C(C)(O)CC)no1.CCc1onc(C(=O)NC(C)C(C)(O)CC)c1C. The van der Waals surface area contributed by atoms with E-state index in [2.05, 4.69) is 146 Å². The molecule has 6 aromatic rings. The first kappa shape index (κ1) is 92.2. The highest BCUT2D eigenvalue weighted by Gasteiger charge is 2.32. The van der Waals surface area contributed by atoms with Crippen molar-refractivity contribution in [3.05, 3.63) is 80.6 Å². The quantitative estimate of drug-likeness (QED) is 0.0194. The molecule has 103 heavy (non-hydrogen) atoms. The van der Waals surface area contributed by atoms with Crippen LogP contribution in [0.5, 0.6) is 23.8 Å². The second-order valence-corrected chi connectivity index (χ2v) is 27.8. The lowest BCUT2D eigenvalue weighted by atomic mass is 9.85. The van der Waals surface area contributed by atoms with E-state index < -0.39 is 11.2 Å². The van der Waals surface area contributed by atoms with Gasteiger partial charge < -0.3 is 88.2 Å². The topological polar surface area (TPSA) is 408 Å². The first-order valence-corrected chi connectivity index (χ1v) is 35.3. The summed E-state index contributed by atoms with van der Waals surface area (Å²) in [5.41, 5.74) is 2.19. The fraction of sp³-hybridized carbons (Fsp3) is 0.671. The molecule has 6 heterocycles. The molecular weight excluding hydrogens is 1330 g/mol. The summed E-state index contributed by atoms with van der Waals surface area (Å²) in [4.78, 5) is 71.1. The van der Waals surface area contributed by atoms with Crippen LogP contribution in [0.2, 0.25) is 0 Å². The second-order valence-electron chi connectivity index (χ2n) is 27.8. The molecule has 0 aliphatic heterocycles. The molecular formula is C73H122N12O18. The van der Waals surface area contributed by atoms with Crippen LogP contribution in [0, 0.1) is 42.4 Å². The number of aromatic nitrogens is 6. The predicted molar refractivity (Wildman–Crippen MR) is 389 cm³/mol. The second kappa shape index (κ2) is 43.3. The number of nitrogens with one attached hydrogen (secondary N) is 6. The average Bonchev–Trinajstić information content (AvgIpc) is 1.73. The molecule has 0 aliphatic rings. The van der Waals surface area contributed by atoms with Gasteiger partial charge in [0.1, 0.15) is 11.5 Å². The first-order valence-electron chi connectivity index (χ1n) is 35.3. The molecule has 0 aliphatic carbocycles. The van der Waals surface area contributed by atoms with E-state index in [4.69, 9.17) is 46.1 Å². The van der Waals surface area contributed by atoms with Gasteiger partial charge in [0, 0.05) is 50.7 Å². The summed E-state index contributed by atoms with van der Waals surface area (Å²) in [5, 5.41) is 59.0. The molecule has 0 spiro atoms. The maximum Gasteiger partial charge on any atom is 0.314 e. The minimum atomic E-state index is -0.930. The molecule has 6 aromatic heterocycles. The maximum absolute atomic E-state index is 12.0. The smallest absolute Gasteiger partial charge is 0.314 e. The zero-order chi connectivity index (χ0) is 78.9. The number of carbonyl (C=O) groups is 6. The highest BCUT2D eigenvalue weighted by molar-refractivity contribution is 5.96. The van der Waals surface area contributed by atoms with Gasteiger partial charge in [0.15, 0.2) is 34.2 Å². The summed E-state index contributed by atoms with van der Waals surface area (Å²) < 4.78 is 48.9. The van der Waals surface area contributed by atoms with E-state index in [-0.39, 0.29) is 116 Å². The van der Waals surface area contributed by atoms with Gasteiger partial charge in [-0.05, 0) is 121 Å². The van der Waals surface area contributed by atoms with Crippen LogP contribution in [0.3, 0.4) is 0 Å². The van der Waals surface area contributed by atoms with Crippen LogP contribution in [0.4, 0.5) is 0 Å². The van der Waals surface area contributed by atoms with E-state index in [1.54, 1.807) is 47.6 Å². The van der Waals surface area contributed by atoms with Crippen molar-refractivity contribution >= 4 is 35.4 Å². The van der Waals surface area contributed by atoms with Crippen LogP contribution in [0.25, 0.3) is 0 Å². The lowest BCUT2D eigenvalue weighted by molar-refractivity contribution is 0.0209. The van der Waals surface area contributed by atoms with Crippen LogP contribution in [-0.2, 0) is 12.8 Å². The zero-order valence-corrected chi connectivity index (χ0v) is 66.4. The summed E-state index contributed by atoms with van der Waals surface area (Å²) in [7, 11) is 5.89. The van der Waals surface area contributed by atoms with Crippen LogP contribution < -0.4 is 50.8 Å². The number of carbonyl (C=O) groups excluding carboxylic acids is 6. The third-order valence-electron chi connectivity index (χ3n) is 19.2. The number of hydrogen-bond acceptors (Lipinski definition) is 24. The molecule has 6 amide bonds. The lowest BCUT2D eigenvalue weighted by Crippen LogP contribution is -2.48. The molecule has 6 rings (SSSR count). The van der Waals surface area contributed by atoms with Crippen molar-refractivity contribution in [2.24, 2.45) is 21.7 Å². The van der Waals surface area contributed by atoms with Gasteiger partial charge in [-0.15, -0.1) is 0 Å². The van der Waals surface area contributed by atoms with Crippen molar-refractivity contribution in [1.29, 1.82) is 0 Å². The molecule has 8 N–H and O–H groups in total. The number of amides is 6. The summed E-state index contributed by atoms with van der Waals surface area (Å²) in [6.45, 7) is 47.7. The lowest BCUT2D eigenvalue weighted by Gasteiger charge is -2.29. The number of aliphatic hydroxyl groups is 2. The monoisotopic (exact) mass is 1450 g/mol. The minimum absolute atomic E-state index is 0.0807. The minimum Gasteiger partial charge on any atom is -0.467 e. The van der Waals surface area contributed by atoms with Crippen molar-refractivity contribution in [2.75, 3.05) is 54.6 Å². The number of nitrogens with zero attached hydrogens (tertiary/aromatic N) is 6. The van der Waals surface area contributed by atoms with E-state index in [1.165, 1.54) is 40.6 Å².